The van der Waals surface area contributed by atoms with Gasteiger partial charge in [0.2, 0.25) is 17.7 Å². The molecule has 0 aromatic heterocycles. The maximum atomic E-state index is 12.8. The van der Waals surface area contributed by atoms with Crippen molar-refractivity contribution in [3.8, 4) is 0 Å². The van der Waals surface area contributed by atoms with Crippen molar-refractivity contribution in [2.75, 3.05) is 50.9 Å². The third-order valence-electron chi connectivity index (χ3n) is 3.87. The van der Waals surface area contributed by atoms with Crippen LogP contribution in [0.1, 0.15) is 5.56 Å². The van der Waals surface area contributed by atoms with Crippen molar-refractivity contribution in [2.45, 2.75) is 6.42 Å². The second-order valence-electron chi connectivity index (χ2n) is 5.99. The first-order valence-corrected chi connectivity index (χ1v) is 9.91. The number of hydrogen-bond donors (Lipinski definition) is 2. The monoisotopic (exact) mass is 397 g/mol. The van der Waals surface area contributed by atoms with Gasteiger partial charge in [0.25, 0.3) is 0 Å². The Morgan fingerprint density at radius 2 is 1.63 bits per heavy atom. The van der Waals surface area contributed by atoms with Crippen LogP contribution < -0.4 is 10.6 Å². The van der Waals surface area contributed by atoms with Gasteiger partial charge in [0.1, 0.15) is 5.82 Å². The molecule has 0 bridgehead atoms. The predicted molar refractivity (Wildman–Crippen MR) is 101 cm³/mol. The van der Waals surface area contributed by atoms with Gasteiger partial charge in [-0.15, -0.1) is 11.8 Å². The van der Waals surface area contributed by atoms with E-state index in [9.17, 15) is 18.8 Å². The molecule has 1 heterocycles. The number of thioether (sulfide) groups is 1. The summed E-state index contributed by atoms with van der Waals surface area (Å²) in [5, 5.41) is 5.39. The van der Waals surface area contributed by atoms with Gasteiger partial charge in [0, 0.05) is 26.2 Å². The zero-order chi connectivity index (χ0) is 19.5. The second-order valence-corrected chi connectivity index (χ2v) is 6.97. The molecule has 0 radical (unpaired) electrons. The van der Waals surface area contributed by atoms with E-state index >= 15 is 0 Å². The molecule has 0 aliphatic carbocycles. The molecular weight excluding hydrogens is 373 g/mol. The fourth-order valence-corrected chi connectivity index (χ4v) is 3.19. The number of ether oxygens (including phenoxy) is 1. The Kier molecular flexibility index (Phi) is 9.06. The smallest absolute Gasteiger partial charge is 0.232 e. The van der Waals surface area contributed by atoms with Gasteiger partial charge in [0.15, 0.2) is 0 Å². The zero-order valence-corrected chi connectivity index (χ0v) is 15.9. The number of halogens is 1. The summed E-state index contributed by atoms with van der Waals surface area (Å²) < 4.78 is 18.0. The number of nitrogens with one attached hydrogen (secondary N) is 2. The van der Waals surface area contributed by atoms with Crippen molar-refractivity contribution in [2.24, 2.45) is 0 Å². The fraction of sp³-hybridized carbons (Fsp3) is 0.500. The molecule has 0 atom stereocenters. The SMILES string of the molecule is O=C(CSCC(=O)N1CCOCC1)NCCNC(=O)Cc1ccc(F)cc1. The molecule has 0 spiro atoms. The Balaban J connectivity index is 1.50. The topological polar surface area (TPSA) is 87.7 Å². The largest absolute Gasteiger partial charge is 0.378 e. The molecule has 3 amide bonds. The first-order valence-electron chi connectivity index (χ1n) is 8.75. The van der Waals surface area contributed by atoms with Crippen molar-refractivity contribution in [1.29, 1.82) is 0 Å². The Hall–Kier alpha value is -2.13. The Morgan fingerprint density at radius 1 is 1.00 bits per heavy atom. The van der Waals surface area contributed by atoms with Gasteiger partial charge in [-0.3, -0.25) is 14.4 Å². The van der Waals surface area contributed by atoms with E-state index in [0.717, 1.165) is 5.56 Å². The molecule has 1 aliphatic rings. The number of carbonyl (C=O) groups is 3. The van der Waals surface area contributed by atoms with E-state index in [1.165, 1.54) is 23.9 Å². The molecular formula is C18H24FN3O4S. The minimum atomic E-state index is -0.341. The van der Waals surface area contributed by atoms with Gasteiger partial charge in [0.05, 0.1) is 31.1 Å². The highest BCUT2D eigenvalue weighted by molar-refractivity contribution is 8.00. The fourth-order valence-electron chi connectivity index (χ4n) is 2.44. The van der Waals surface area contributed by atoms with E-state index in [0.29, 0.717) is 39.4 Å². The van der Waals surface area contributed by atoms with Gasteiger partial charge in [-0.1, -0.05) is 12.1 Å². The van der Waals surface area contributed by atoms with Crippen LogP contribution in [0.5, 0.6) is 0 Å². The van der Waals surface area contributed by atoms with Crippen molar-refractivity contribution >= 4 is 29.5 Å². The number of carbonyl (C=O) groups excluding carboxylic acids is 3. The molecule has 7 nitrogen and oxygen atoms in total. The Bertz CT molecular complexity index is 636. The highest BCUT2D eigenvalue weighted by Gasteiger charge is 2.16. The molecule has 1 saturated heterocycles. The maximum absolute atomic E-state index is 12.8. The van der Waals surface area contributed by atoms with Crippen LogP contribution in [0.4, 0.5) is 4.39 Å². The zero-order valence-electron chi connectivity index (χ0n) is 15.0. The molecule has 2 rings (SSSR count). The summed E-state index contributed by atoms with van der Waals surface area (Å²) in [5.74, 6) is -0.235. The van der Waals surface area contributed by atoms with Gasteiger partial charge >= 0.3 is 0 Å². The van der Waals surface area contributed by atoms with E-state index in [1.54, 1.807) is 17.0 Å². The average molecular weight is 397 g/mol. The van der Waals surface area contributed by atoms with Crippen molar-refractivity contribution in [3.05, 3.63) is 35.6 Å². The average Bonchev–Trinajstić information content (AvgIpc) is 2.67. The van der Waals surface area contributed by atoms with Crippen LogP contribution in [-0.4, -0.2) is 73.5 Å². The molecule has 1 fully saturated rings. The van der Waals surface area contributed by atoms with E-state index in [4.69, 9.17) is 4.74 Å². The second kappa shape index (κ2) is 11.6. The summed E-state index contributed by atoms with van der Waals surface area (Å²) in [6, 6.07) is 5.74. The quantitative estimate of drug-likeness (QED) is 0.581. The van der Waals surface area contributed by atoms with E-state index in [-0.39, 0.29) is 41.5 Å². The van der Waals surface area contributed by atoms with Crippen molar-refractivity contribution in [3.63, 3.8) is 0 Å². The van der Waals surface area contributed by atoms with Gasteiger partial charge < -0.3 is 20.3 Å². The molecule has 0 saturated carbocycles. The van der Waals surface area contributed by atoms with Crippen LogP contribution >= 0.6 is 11.8 Å². The number of benzene rings is 1. The lowest BCUT2D eigenvalue weighted by Crippen LogP contribution is -2.41. The van der Waals surface area contributed by atoms with Crippen LogP contribution in [0.15, 0.2) is 24.3 Å². The van der Waals surface area contributed by atoms with Gasteiger partial charge in [-0.25, -0.2) is 4.39 Å². The lowest BCUT2D eigenvalue weighted by atomic mass is 10.1. The van der Waals surface area contributed by atoms with Gasteiger partial charge in [-0.2, -0.15) is 0 Å². The van der Waals surface area contributed by atoms with Crippen LogP contribution in [0, 0.1) is 5.82 Å². The highest BCUT2D eigenvalue weighted by atomic mass is 32.2. The summed E-state index contributed by atoms with van der Waals surface area (Å²) in [6.45, 7) is 2.94. The minimum absolute atomic E-state index is 0.0177. The normalized spacial score (nSPS) is 13.9. The molecule has 2 N–H and O–H groups in total. The number of nitrogens with zero attached hydrogens (tertiary/aromatic N) is 1. The third kappa shape index (κ3) is 8.40. The number of morpholine rings is 1. The van der Waals surface area contributed by atoms with E-state index in [2.05, 4.69) is 10.6 Å². The van der Waals surface area contributed by atoms with E-state index < -0.39 is 0 Å². The molecule has 27 heavy (non-hydrogen) atoms. The molecule has 148 valence electrons. The van der Waals surface area contributed by atoms with Crippen LogP contribution in [0.2, 0.25) is 0 Å². The summed E-state index contributed by atoms with van der Waals surface area (Å²) in [5.41, 5.74) is 0.722. The minimum Gasteiger partial charge on any atom is -0.378 e. The van der Waals surface area contributed by atoms with Crippen molar-refractivity contribution in [1.82, 2.24) is 15.5 Å². The third-order valence-corrected chi connectivity index (χ3v) is 4.79. The summed E-state index contributed by atoms with van der Waals surface area (Å²) >= 11 is 1.27. The molecule has 1 aromatic rings. The van der Waals surface area contributed by atoms with E-state index in [1.807, 2.05) is 0 Å². The molecule has 0 unspecified atom stereocenters. The molecule has 1 aliphatic heterocycles. The first kappa shape index (κ1) is 21.2. The number of amides is 3. The number of hydrogen-bond acceptors (Lipinski definition) is 5. The Morgan fingerprint density at radius 3 is 2.30 bits per heavy atom. The predicted octanol–water partition coefficient (Wildman–Crippen LogP) is 0.193. The van der Waals surface area contributed by atoms with Gasteiger partial charge in [-0.05, 0) is 17.7 Å². The van der Waals surface area contributed by atoms with Crippen molar-refractivity contribution < 1.29 is 23.5 Å². The van der Waals surface area contributed by atoms with Crippen LogP contribution in [0.25, 0.3) is 0 Å². The lowest BCUT2D eigenvalue weighted by molar-refractivity contribution is -0.132. The summed E-state index contributed by atoms with van der Waals surface area (Å²) in [6.07, 6.45) is 0.160. The summed E-state index contributed by atoms with van der Waals surface area (Å²) in [7, 11) is 0. The van der Waals surface area contributed by atoms with Crippen LogP contribution in [0.3, 0.4) is 0 Å². The number of rotatable bonds is 9. The molecule has 1 aromatic carbocycles. The summed E-state index contributed by atoms with van der Waals surface area (Å²) in [4.78, 5) is 37.2. The first-order chi connectivity index (χ1) is 13.0. The standard InChI is InChI=1S/C18H24FN3O4S/c19-15-3-1-14(2-4-15)11-16(23)20-5-6-21-17(24)12-27-13-18(25)22-7-9-26-10-8-22/h1-4H,5-13H2,(H,20,23)(H,21,24). The highest BCUT2D eigenvalue weighted by Crippen LogP contribution is 2.05. The van der Waals surface area contributed by atoms with Crippen LogP contribution in [-0.2, 0) is 25.5 Å². The Labute approximate surface area is 162 Å². The lowest BCUT2D eigenvalue weighted by Gasteiger charge is -2.26. The maximum Gasteiger partial charge on any atom is 0.232 e. The molecule has 9 heteroatoms.